The summed E-state index contributed by atoms with van der Waals surface area (Å²) >= 11 is 0. The minimum Gasteiger partial charge on any atom is -0.350 e. The van der Waals surface area contributed by atoms with Gasteiger partial charge in [0.1, 0.15) is 5.82 Å². The molecular formula is C20H27FN4O. The summed E-state index contributed by atoms with van der Waals surface area (Å²) in [7, 11) is 1.75. The number of hydrogen-bond donors (Lipinski definition) is 1. The van der Waals surface area contributed by atoms with Gasteiger partial charge >= 0.3 is 0 Å². The highest BCUT2D eigenvalue weighted by Crippen LogP contribution is 2.16. The Morgan fingerprint density at radius 2 is 2.19 bits per heavy atom. The standard InChI is InChI=1S/C20H27FN4O/c1-15(9-10-16-6-3-4-8-18(16)21)23-17-7-5-12-25(14-17)19-20(26)24(2)13-11-22-19/h3-4,6,8,11,13,15,17,23H,5,7,9-10,12,14H2,1-2H3/t15-,17-/m0/s1. The van der Waals surface area contributed by atoms with Crippen molar-refractivity contribution in [1.82, 2.24) is 14.9 Å². The maximum Gasteiger partial charge on any atom is 0.293 e. The van der Waals surface area contributed by atoms with Crippen molar-refractivity contribution >= 4 is 5.82 Å². The molecule has 1 N–H and O–H groups in total. The molecule has 6 heteroatoms. The van der Waals surface area contributed by atoms with Crippen LogP contribution in [0, 0.1) is 5.82 Å². The van der Waals surface area contributed by atoms with Gasteiger partial charge in [0.15, 0.2) is 5.82 Å². The van der Waals surface area contributed by atoms with E-state index in [-0.39, 0.29) is 17.4 Å². The van der Waals surface area contributed by atoms with Crippen molar-refractivity contribution < 1.29 is 4.39 Å². The second-order valence-electron chi connectivity index (χ2n) is 7.15. The smallest absolute Gasteiger partial charge is 0.293 e. The van der Waals surface area contributed by atoms with Gasteiger partial charge in [0, 0.05) is 44.6 Å². The summed E-state index contributed by atoms with van der Waals surface area (Å²) in [5.41, 5.74) is 0.712. The molecule has 1 aliphatic rings. The fourth-order valence-corrected chi connectivity index (χ4v) is 3.57. The normalized spacial score (nSPS) is 18.7. The van der Waals surface area contributed by atoms with Crippen LogP contribution >= 0.6 is 0 Å². The highest BCUT2D eigenvalue weighted by atomic mass is 19.1. The van der Waals surface area contributed by atoms with Crippen molar-refractivity contribution in [2.45, 2.75) is 44.7 Å². The van der Waals surface area contributed by atoms with Crippen LogP contribution in [0.25, 0.3) is 0 Å². The zero-order valence-corrected chi connectivity index (χ0v) is 15.5. The first-order valence-corrected chi connectivity index (χ1v) is 9.30. The van der Waals surface area contributed by atoms with Crippen LogP contribution in [0.3, 0.4) is 0 Å². The highest BCUT2D eigenvalue weighted by molar-refractivity contribution is 5.36. The van der Waals surface area contributed by atoms with E-state index in [0.717, 1.165) is 44.3 Å². The summed E-state index contributed by atoms with van der Waals surface area (Å²) in [6.45, 7) is 3.77. The first-order valence-electron chi connectivity index (χ1n) is 9.30. The Morgan fingerprint density at radius 3 is 3.00 bits per heavy atom. The number of benzene rings is 1. The van der Waals surface area contributed by atoms with Crippen molar-refractivity contribution in [1.29, 1.82) is 0 Å². The summed E-state index contributed by atoms with van der Waals surface area (Å²) in [6.07, 6.45) is 7.05. The minimum absolute atomic E-state index is 0.0549. The fourth-order valence-electron chi connectivity index (χ4n) is 3.57. The molecule has 1 fully saturated rings. The Hall–Kier alpha value is -2.21. The Bertz CT molecular complexity index is 791. The summed E-state index contributed by atoms with van der Waals surface area (Å²) in [6, 6.07) is 7.56. The molecule has 0 amide bonds. The lowest BCUT2D eigenvalue weighted by Crippen LogP contribution is -2.50. The Kier molecular flexibility index (Phi) is 6.04. The van der Waals surface area contributed by atoms with Gasteiger partial charge in [-0.15, -0.1) is 0 Å². The van der Waals surface area contributed by atoms with Gasteiger partial charge in [0.25, 0.3) is 5.56 Å². The van der Waals surface area contributed by atoms with E-state index in [1.54, 1.807) is 30.1 Å². The van der Waals surface area contributed by atoms with Gasteiger partial charge in [-0.05, 0) is 44.2 Å². The predicted molar refractivity (Wildman–Crippen MR) is 102 cm³/mol. The lowest BCUT2D eigenvalue weighted by atomic mass is 10.0. The number of nitrogens with zero attached hydrogens (tertiary/aromatic N) is 3. The molecule has 5 nitrogen and oxygen atoms in total. The zero-order valence-electron chi connectivity index (χ0n) is 15.5. The van der Waals surface area contributed by atoms with E-state index < -0.39 is 0 Å². The molecule has 0 saturated carbocycles. The summed E-state index contributed by atoms with van der Waals surface area (Å²) in [5.74, 6) is 0.398. The number of rotatable bonds is 6. The molecule has 1 aromatic carbocycles. The molecule has 140 valence electrons. The van der Waals surface area contributed by atoms with E-state index in [1.807, 2.05) is 12.1 Å². The van der Waals surface area contributed by atoms with E-state index in [1.165, 1.54) is 6.07 Å². The highest BCUT2D eigenvalue weighted by Gasteiger charge is 2.23. The van der Waals surface area contributed by atoms with Crippen molar-refractivity contribution in [2.24, 2.45) is 7.05 Å². The van der Waals surface area contributed by atoms with E-state index in [0.29, 0.717) is 11.9 Å². The third-order valence-corrected chi connectivity index (χ3v) is 5.04. The average Bonchev–Trinajstić information content (AvgIpc) is 2.63. The van der Waals surface area contributed by atoms with Gasteiger partial charge in [0.05, 0.1) is 0 Å². The molecule has 2 atom stereocenters. The number of nitrogens with one attached hydrogen (secondary N) is 1. The molecule has 1 aromatic heterocycles. The topological polar surface area (TPSA) is 50.2 Å². The van der Waals surface area contributed by atoms with Crippen molar-refractivity contribution in [2.75, 3.05) is 18.0 Å². The van der Waals surface area contributed by atoms with Crippen LogP contribution in [0.1, 0.15) is 31.7 Å². The number of aromatic nitrogens is 2. The zero-order chi connectivity index (χ0) is 18.5. The minimum atomic E-state index is -0.130. The van der Waals surface area contributed by atoms with Crippen molar-refractivity contribution in [3.63, 3.8) is 0 Å². The predicted octanol–water partition coefficient (Wildman–Crippen LogP) is 2.50. The molecule has 0 radical (unpaired) electrons. The van der Waals surface area contributed by atoms with Crippen LogP contribution in [-0.2, 0) is 13.5 Å². The largest absolute Gasteiger partial charge is 0.350 e. The number of halogens is 1. The first-order chi connectivity index (χ1) is 12.5. The van der Waals surface area contributed by atoms with Gasteiger partial charge in [-0.1, -0.05) is 18.2 Å². The molecule has 1 aliphatic heterocycles. The number of piperidine rings is 1. The van der Waals surface area contributed by atoms with Gasteiger partial charge in [-0.2, -0.15) is 0 Å². The van der Waals surface area contributed by atoms with Crippen LogP contribution in [0.4, 0.5) is 10.2 Å². The molecule has 2 heterocycles. The molecule has 0 spiro atoms. The van der Waals surface area contributed by atoms with Crippen LogP contribution in [-0.4, -0.2) is 34.7 Å². The summed E-state index contributed by atoms with van der Waals surface area (Å²) in [4.78, 5) is 18.7. The van der Waals surface area contributed by atoms with Gasteiger partial charge in [-0.3, -0.25) is 4.79 Å². The molecule has 0 aliphatic carbocycles. The summed E-state index contributed by atoms with van der Waals surface area (Å²) < 4.78 is 15.3. The van der Waals surface area contributed by atoms with Crippen molar-refractivity contribution in [3.8, 4) is 0 Å². The SMILES string of the molecule is C[C@@H](CCc1ccccc1F)N[C@H]1CCCN(c2nccn(C)c2=O)C1. The third kappa shape index (κ3) is 4.49. The van der Waals surface area contributed by atoms with Crippen LogP contribution in [0.15, 0.2) is 41.5 Å². The Balaban J connectivity index is 1.55. The summed E-state index contributed by atoms with van der Waals surface area (Å²) in [5, 5.41) is 3.64. The van der Waals surface area contributed by atoms with Crippen molar-refractivity contribution in [3.05, 3.63) is 58.4 Å². The maximum atomic E-state index is 13.7. The van der Waals surface area contributed by atoms with E-state index in [2.05, 4.69) is 22.1 Å². The Morgan fingerprint density at radius 1 is 1.38 bits per heavy atom. The van der Waals surface area contributed by atoms with Gasteiger partial charge < -0.3 is 14.8 Å². The van der Waals surface area contributed by atoms with E-state index in [9.17, 15) is 9.18 Å². The first kappa shape index (κ1) is 18.6. The van der Waals surface area contributed by atoms with E-state index in [4.69, 9.17) is 0 Å². The molecule has 3 rings (SSSR count). The average molecular weight is 358 g/mol. The second-order valence-corrected chi connectivity index (χ2v) is 7.15. The van der Waals surface area contributed by atoms with Gasteiger partial charge in [0.2, 0.25) is 0 Å². The number of hydrogen-bond acceptors (Lipinski definition) is 4. The lowest BCUT2D eigenvalue weighted by molar-refractivity contribution is 0.371. The van der Waals surface area contributed by atoms with Crippen LogP contribution in [0.5, 0.6) is 0 Å². The molecule has 26 heavy (non-hydrogen) atoms. The fraction of sp³-hybridized carbons (Fsp3) is 0.500. The lowest BCUT2D eigenvalue weighted by Gasteiger charge is -2.35. The monoisotopic (exact) mass is 358 g/mol. The number of anilines is 1. The van der Waals surface area contributed by atoms with Crippen LogP contribution in [0.2, 0.25) is 0 Å². The molecular weight excluding hydrogens is 331 g/mol. The second kappa shape index (κ2) is 8.45. The quantitative estimate of drug-likeness (QED) is 0.862. The molecule has 1 saturated heterocycles. The number of aryl methyl sites for hydroxylation is 2. The maximum absolute atomic E-state index is 13.7. The van der Waals surface area contributed by atoms with Crippen LogP contribution < -0.4 is 15.8 Å². The molecule has 2 aromatic rings. The van der Waals surface area contributed by atoms with E-state index >= 15 is 0 Å². The third-order valence-electron chi connectivity index (χ3n) is 5.04. The molecule has 0 bridgehead atoms. The Labute approximate surface area is 153 Å². The molecule has 0 unspecified atom stereocenters. The van der Waals surface area contributed by atoms with Gasteiger partial charge in [-0.25, -0.2) is 9.37 Å².